The quantitative estimate of drug-likeness (QED) is 0.629. The fourth-order valence-corrected chi connectivity index (χ4v) is 1.78. The highest BCUT2D eigenvalue weighted by Gasteiger charge is 2.35. The number of nitrogens with zero attached hydrogens (tertiary/aromatic N) is 2. The largest absolute Gasteiger partial charge is 0.435 e. The van der Waals surface area contributed by atoms with Crippen LogP contribution in [-0.2, 0) is 13.2 Å². The van der Waals surface area contributed by atoms with Gasteiger partial charge < -0.3 is 0 Å². The first-order chi connectivity index (χ1) is 9.20. The number of rotatable bonds is 2. The third-order valence-corrected chi connectivity index (χ3v) is 2.87. The molecule has 106 valence electrons. The highest BCUT2D eigenvalue weighted by atomic mass is 35.5. The third kappa shape index (κ3) is 2.67. The minimum Gasteiger partial charge on any atom is -0.287 e. The zero-order valence-electron chi connectivity index (χ0n) is 10.0. The Kier molecular flexibility index (Phi) is 3.56. The van der Waals surface area contributed by atoms with E-state index in [0.29, 0.717) is 6.07 Å². The highest BCUT2D eigenvalue weighted by Crippen LogP contribution is 2.29. The number of hydrogen-bond acceptors (Lipinski definition) is 2. The van der Waals surface area contributed by atoms with Crippen molar-refractivity contribution in [2.24, 2.45) is 7.05 Å². The Labute approximate surface area is 115 Å². The van der Waals surface area contributed by atoms with Crippen LogP contribution < -0.4 is 0 Å². The van der Waals surface area contributed by atoms with Crippen molar-refractivity contribution in [1.29, 1.82) is 0 Å². The van der Waals surface area contributed by atoms with Gasteiger partial charge in [-0.05, 0) is 24.3 Å². The van der Waals surface area contributed by atoms with Crippen molar-refractivity contribution < 1.29 is 22.4 Å². The van der Waals surface area contributed by atoms with Crippen LogP contribution in [0, 0.1) is 5.82 Å². The monoisotopic (exact) mass is 306 g/mol. The van der Waals surface area contributed by atoms with Gasteiger partial charge in [0.15, 0.2) is 5.69 Å². The molecule has 0 spiro atoms. The minimum atomic E-state index is -4.64. The second-order valence-corrected chi connectivity index (χ2v) is 4.40. The maximum Gasteiger partial charge on any atom is 0.435 e. The number of carbonyl (C=O) groups excluding carboxylic acids is 1. The van der Waals surface area contributed by atoms with Gasteiger partial charge >= 0.3 is 6.18 Å². The number of hydrogen-bond donors (Lipinski definition) is 0. The normalized spacial score (nSPS) is 11.7. The Bertz CT molecular complexity index is 679. The first-order valence-electron chi connectivity index (χ1n) is 5.31. The van der Waals surface area contributed by atoms with E-state index in [4.69, 9.17) is 11.6 Å². The molecule has 0 bridgehead atoms. The molecule has 1 heterocycles. The molecule has 0 saturated heterocycles. The number of aryl methyl sites for hydroxylation is 1. The average molecular weight is 307 g/mol. The molecule has 0 amide bonds. The maximum atomic E-state index is 13.0. The molecule has 3 nitrogen and oxygen atoms in total. The average Bonchev–Trinajstić information content (AvgIpc) is 2.74. The molecule has 0 N–H and O–H groups in total. The summed E-state index contributed by atoms with van der Waals surface area (Å²) in [5.74, 6) is -1.44. The number of benzene rings is 1. The van der Waals surface area contributed by atoms with Crippen LogP contribution >= 0.6 is 11.6 Å². The topological polar surface area (TPSA) is 34.9 Å². The number of alkyl halides is 3. The lowest BCUT2D eigenvalue weighted by Crippen LogP contribution is -2.08. The Morgan fingerprint density at radius 2 is 1.95 bits per heavy atom. The Hall–Kier alpha value is -1.89. The lowest BCUT2D eigenvalue weighted by molar-refractivity contribution is -0.141. The van der Waals surface area contributed by atoms with Crippen LogP contribution in [0.2, 0.25) is 5.02 Å². The van der Waals surface area contributed by atoms with Gasteiger partial charge in [-0.2, -0.15) is 18.3 Å². The Morgan fingerprint density at radius 3 is 2.45 bits per heavy atom. The van der Waals surface area contributed by atoms with Crippen molar-refractivity contribution in [3.8, 4) is 0 Å². The summed E-state index contributed by atoms with van der Waals surface area (Å²) in [5, 5.41) is 2.95. The smallest absolute Gasteiger partial charge is 0.287 e. The first-order valence-corrected chi connectivity index (χ1v) is 5.69. The van der Waals surface area contributed by atoms with Gasteiger partial charge in [-0.25, -0.2) is 4.39 Å². The van der Waals surface area contributed by atoms with Crippen molar-refractivity contribution in [2.45, 2.75) is 6.18 Å². The standard InChI is InChI=1S/C12H7ClF4N2O/c1-19-9(5-10(18-19)12(15,16)17)11(20)6-2-3-8(14)7(13)4-6/h2-5H,1H3. The van der Waals surface area contributed by atoms with E-state index < -0.39 is 23.5 Å². The summed E-state index contributed by atoms with van der Waals surface area (Å²) in [5.41, 5.74) is -1.45. The van der Waals surface area contributed by atoms with Gasteiger partial charge in [-0.1, -0.05) is 11.6 Å². The fourth-order valence-electron chi connectivity index (χ4n) is 1.60. The van der Waals surface area contributed by atoms with Gasteiger partial charge in [0.2, 0.25) is 5.78 Å². The number of halogens is 5. The Balaban J connectivity index is 2.43. The molecule has 1 aromatic carbocycles. The zero-order chi connectivity index (χ0) is 15.1. The maximum absolute atomic E-state index is 13.0. The van der Waals surface area contributed by atoms with E-state index in [-0.39, 0.29) is 16.3 Å². The van der Waals surface area contributed by atoms with Crippen LogP contribution in [0.3, 0.4) is 0 Å². The van der Waals surface area contributed by atoms with Crippen molar-refractivity contribution in [3.05, 3.63) is 52.1 Å². The molecule has 0 radical (unpaired) electrons. The molecule has 2 aromatic rings. The fraction of sp³-hybridized carbons (Fsp3) is 0.167. The molecule has 0 fully saturated rings. The van der Waals surface area contributed by atoms with Crippen LogP contribution in [0.1, 0.15) is 21.7 Å². The van der Waals surface area contributed by atoms with Crippen molar-refractivity contribution in [3.63, 3.8) is 0 Å². The molecule has 8 heteroatoms. The summed E-state index contributed by atoms with van der Waals surface area (Å²) in [4.78, 5) is 12.1. The molecular formula is C12H7ClF4N2O. The number of ketones is 1. The molecule has 0 unspecified atom stereocenters. The molecule has 2 rings (SSSR count). The van der Waals surface area contributed by atoms with Crippen molar-refractivity contribution >= 4 is 17.4 Å². The predicted octanol–water partition coefficient (Wildman–Crippen LogP) is 3.46. The molecule has 0 saturated carbocycles. The number of carbonyl (C=O) groups is 1. The van der Waals surface area contributed by atoms with Crippen molar-refractivity contribution in [2.75, 3.05) is 0 Å². The SMILES string of the molecule is Cn1nc(C(F)(F)F)cc1C(=O)c1ccc(F)c(Cl)c1. The van der Waals surface area contributed by atoms with Gasteiger partial charge in [0, 0.05) is 12.6 Å². The highest BCUT2D eigenvalue weighted by molar-refractivity contribution is 6.31. The van der Waals surface area contributed by atoms with Gasteiger partial charge in [-0.15, -0.1) is 0 Å². The van der Waals surface area contributed by atoms with Gasteiger partial charge in [-0.3, -0.25) is 9.48 Å². The summed E-state index contributed by atoms with van der Waals surface area (Å²) in [7, 11) is 1.22. The summed E-state index contributed by atoms with van der Waals surface area (Å²) in [6.07, 6.45) is -4.64. The summed E-state index contributed by atoms with van der Waals surface area (Å²) >= 11 is 5.53. The third-order valence-electron chi connectivity index (χ3n) is 2.58. The Morgan fingerprint density at radius 1 is 1.30 bits per heavy atom. The molecule has 0 aliphatic rings. The van der Waals surface area contributed by atoms with Gasteiger partial charge in [0.25, 0.3) is 0 Å². The van der Waals surface area contributed by atoms with E-state index in [0.717, 1.165) is 22.9 Å². The van der Waals surface area contributed by atoms with E-state index in [9.17, 15) is 22.4 Å². The second-order valence-electron chi connectivity index (χ2n) is 3.99. The summed E-state index contributed by atoms with van der Waals surface area (Å²) in [6, 6.07) is 3.81. The van der Waals surface area contributed by atoms with Crippen LogP contribution in [0.5, 0.6) is 0 Å². The molecular weight excluding hydrogens is 300 g/mol. The van der Waals surface area contributed by atoms with E-state index in [1.54, 1.807) is 0 Å². The van der Waals surface area contributed by atoms with E-state index in [1.165, 1.54) is 7.05 Å². The zero-order valence-corrected chi connectivity index (χ0v) is 10.8. The first kappa shape index (κ1) is 14.5. The van der Waals surface area contributed by atoms with Crippen LogP contribution in [-0.4, -0.2) is 15.6 Å². The van der Waals surface area contributed by atoms with E-state index >= 15 is 0 Å². The van der Waals surface area contributed by atoms with Crippen molar-refractivity contribution in [1.82, 2.24) is 9.78 Å². The molecule has 0 aliphatic carbocycles. The second kappa shape index (κ2) is 4.90. The predicted molar refractivity (Wildman–Crippen MR) is 63.1 cm³/mol. The van der Waals surface area contributed by atoms with E-state index in [2.05, 4.69) is 5.10 Å². The molecule has 1 aromatic heterocycles. The minimum absolute atomic E-state index is 0.0203. The summed E-state index contributed by atoms with van der Waals surface area (Å²) < 4.78 is 51.3. The van der Waals surface area contributed by atoms with Gasteiger partial charge in [0.05, 0.1) is 5.02 Å². The molecule has 20 heavy (non-hydrogen) atoms. The molecule has 0 aliphatic heterocycles. The van der Waals surface area contributed by atoms with Crippen LogP contribution in [0.4, 0.5) is 17.6 Å². The molecule has 0 atom stereocenters. The lowest BCUT2D eigenvalue weighted by atomic mass is 10.1. The van der Waals surface area contributed by atoms with Crippen LogP contribution in [0.15, 0.2) is 24.3 Å². The van der Waals surface area contributed by atoms with Gasteiger partial charge in [0.1, 0.15) is 11.5 Å². The van der Waals surface area contributed by atoms with Crippen LogP contribution in [0.25, 0.3) is 0 Å². The van der Waals surface area contributed by atoms with E-state index in [1.807, 2.05) is 0 Å². The number of aromatic nitrogens is 2. The lowest BCUT2D eigenvalue weighted by Gasteiger charge is -2.02. The summed E-state index contributed by atoms with van der Waals surface area (Å²) in [6.45, 7) is 0.